The average molecular weight is 471 g/mol. The monoisotopic (exact) mass is 470 g/mol. The minimum Gasteiger partial charge on any atom is -0.342 e. The van der Waals surface area contributed by atoms with E-state index < -0.39 is 0 Å². The molecule has 3 aromatic rings. The minimum absolute atomic E-state index is 0.0483. The third-order valence-corrected chi connectivity index (χ3v) is 7.94. The number of nitrogens with zero attached hydrogens (tertiary/aromatic N) is 4. The van der Waals surface area contributed by atoms with Gasteiger partial charge in [0.25, 0.3) is 5.91 Å². The maximum atomic E-state index is 13.2. The fourth-order valence-electron chi connectivity index (χ4n) is 4.79. The van der Waals surface area contributed by atoms with Gasteiger partial charge < -0.3 is 9.80 Å². The van der Waals surface area contributed by atoms with Crippen LogP contribution >= 0.6 is 22.9 Å². The Balaban J connectivity index is 1.30. The number of hydrogen-bond donors (Lipinski definition) is 0. The van der Waals surface area contributed by atoms with Crippen molar-refractivity contribution < 1.29 is 9.59 Å². The number of thiophene rings is 1. The molecule has 2 aromatic heterocycles. The van der Waals surface area contributed by atoms with E-state index in [-0.39, 0.29) is 17.7 Å². The van der Waals surface area contributed by atoms with Gasteiger partial charge in [-0.2, -0.15) is 5.10 Å². The van der Waals surface area contributed by atoms with Crippen molar-refractivity contribution in [2.24, 2.45) is 5.92 Å². The van der Waals surface area contributed by atoms with Gasteiger partial charge >= 0.3 is 0 Å². The molecular weight excluding hydrogens is 444 g/mol. The van der Waals surface area contributed by atoms with Crippen LogP contribution in [0, 0.1) is 12.8 Å². The quantitative estimate of drug-likeness (QED) is 0.546. The molecule has 0 spiro atoms. The Labute approximate surface area is 196 Å². The van der Waals surface area contributed by atoms with E-state index in [0.717, 1.165) is 65.2 Å². The molecule has 0 unspecified atom stereocenters. The molecule has 4 heterocycles. The van der Waals surface area contributed by atoms with Crippen LogP contribution in [0.1, 0.15) is 47.5 Å². The van der Waals surface area contributed by atoms with Gasteiger partial charge in [-0.3, -0.25) is 9.59 Å². The first-order chi connectivity index (χ1) is 15.5. The van der Waals surface area contributed by atoms with Gasteiger partial charge in [0, 0.05) is 42.5 Å². The first-order valence-electron chi connectivity index (χ1n) is 11.3. The fraction of sp³-hybridized carbons (Fsp3) is 0.458. The number of amides is 2. The number of aromatic nitrogens is 2. The lowest BCUT2D eigenvalue weighted by Crippen LogP contribution is -2.45. The molecule has 32 heavy (non-hydrogen) atoms. The first-order valence-corrected chi connectivity index (χ1v) is 12.5. The molecule has 2 amide bonds. The van der Waals surface area contributed by atoms with Crippen molar-refractivity contribution in [2.75, 3.05) is 26.2 Å². The largest absolute Gasteiger partial charge is 0.342 e. The number of carbonyl (C=O) groups excluding carboxylic acids is 2. The van der Waals surface area contributed by atoms with Gasteiger partial charge in [0.2, 0.25) is 5.91 Å². The number of benzene rings is 1. The van der Waals surface area contributed by atoms with Crippen molar-refractivity contribution in [3.05, 3.63) is 45.9 Å². The van der Waals surface area contributed by atoms with Crippen molar-refractivity contribution in [2.45, 2.75) is 39.0 Å². The molecule has 2 saturated heterocycles. The van der Waals surface area contributed by atoms with Crippen LogP contribution in [0.15, 0.2) is 30.3 Å². The molecule has 8 heteroatoms. The van der Waals surface area contributed by atoms with Crippen molar-refractivity contribution in [3.63, 3.8) is 0 Å². The number of hydrogen-bond acceptors (Lipinski definition) is 4. The third kappa shape index (κ3) is 4.04. The molecule has 0 aliphatic carbocycles. The maximum Gasteiger partial charge on any atom is 0.264 e. The third-order valence-electron chi connectivity index (χ3n) is 6.61. The Hall–Kier alpha value is -2.38. The van der Waals surface area contributed by atoms with Crippen molar-refractivity contribution in [3.8, 4) is 5.69 Å². The van der Waals surface area contributed by atoms with Crippen molar-refractivity contribution in [1.82, 2.24) is 19.6 Å². The van der Waals surface area contributed by atoms with E-state index in [2.05, 4.69) is 5.10 Å². The zero-order valence-electron chi connectivity index (χ0n) is 18.2. The van der Waals surface area contributed by atoms with E-state index in [1.54, 1.807) is 0 Å². The van der Waals surface area contributed by atoms with Crippen LogP contribution in [0.2, 0.25) is 5.02 Å². The van der Waals surface area contributed by atoms with Gasteiger partial charge in [-0.15, -0.1) is 11.3 Å². The van der Waals surface area contributed by atoms with Crippen LogP contribution in [-0.2, 0) is 4.79 Å². The van der Waals surface area contributed by atoms with Crippen molar-refractivity contribution >= 4 is 45.0 Å². The summed E-state index contributed by atoms with van der Waals surface area (Å²) in [7, 11) is 0. The lowest BCUT2D eigenvalue weighted by atomic mass is 9.94. The predicted molar refractivity (Wildman–Crippen MR) is 128 cm³/mol. The summed E-state index contributed by atoms with van der Waals surface area (Å²) >= 11 is 7.64. The Kier molecular flexibility index (Phi) is 5.95. The lowest BCUT2D eigenvalue weighted by molar-refractivity contribution is -0.137. The van der Waals surface area contributed by atoms with Gasteiger partial charge in [0.05, 0.1) is 16.3 Å². The molecule has 2 fully saturated rings. The molecule has 2 aliphatic heterocycles. The highest BCUT2D eigenvalue weighted by Gasteiger charge is 2.31. The van der Waals surface area contributed by atoms with Gasteiger partial charge in [-0.05, 0) is 63.3 Å². The van der Waals surface area contributed by atoms with E-state index in [0.29, 0.717) is 18.1 Å². The molecule has 2 aliphatic rings. The van der Waals surface area contributed by atoms with E-state index in [1.807, 2.05) is 51.7 Å². The smallest absolute Gasteiger partial charge is 0.264 e. The SMILES string of the molecule is Cc1nn(-c2cccc(Cl)c2)c2sc(C(=O)N3CCC(C(=O)N4CCCCC4)CC3)cc12. The molecule has 168 valence electrons. The zero-order chi connectivity index (χ0) is 22.2. The van der Waals surface area contributed by atoms with Crippen LogP contribution in [0.25, 0.3) is 15.9 Å². The van der Waals surface area contributed by atoms with E-state index in [9.17, 15) is 9.59 Å². The number of likely N-dealkylation sites (tertiary alicyclic amines) is 2. The standard InChI is InChI=1S/C24H27ClN4O2S/c1-16-20-15-21(32-24(20)29(26-16)19-7-5-6-18(25)14-19)23(31)28-12-8-17(9-13-28)22(30)27-10-3-2-4-11-27/h5-7,14-15,17H,2-4,8-13H2,1H3. The summed E-state index contributed by atoms with van der Waals surface area (Å²) in [5.74, 6) is 0.390. The number of carbonyl (C=O) groups is 2. The summed E-state index contributed by atoms with van der Waals surface area (Å²) in [6.45, 7) is 5.01. The normalized spacial score (nSPS) is 17.8. The van der Waals surface area contributed by atoms with Crippen LogP contribution < -0.4 is 0 Å². The number of rotatable bonds is 3. The minimum atomic E-state index is 0.0483. The number of aryl methyl sites for hydroxylation is 1. The second kappa shape index (κ2) is 8.87. The van der Waals surface area contributed by atoms with Gasteiger partial charge in [-0.25, -0.2) is 4.68 Å². The molecule has 0 radical (unpaired) electrons. The van der Waals surface area contributed by atoms with Crippen molar-refractivity contribution in [1.29, 1.82) is 0 Å². The Bertz CT molecular complexity index is 1160. The molecule has 0 bridgehead atoms. The zero-order valence-corrected chi connectivity index (χ0v) is 19.8. The highest BCUT2D eigenvalue weighted by atomic mass is 35.5. The van der Waals surface area contributed by atoms with Gasteiger partial charge in [-0.1, -0.05) is 17.7 Å². The summed E-state index contributed by atoms with van der Waals surface area (Å²) in [6.07, 6.45) is 4.95. The van der Waals surface area contributed by atoms with Gasteiger partial charge in [0.1, 0.15) is 4.83 Å². The maximum absolute atomic E-state index is 13.2. The number of fused-ring (bicyclic) bond motifs is 1. The Morgan fingerprint density at radius 3 is 2.50 bits per heavy atom. The number of halogens is 1. The summed E-state index contributed by atoms with van der Waals surface area (Å²) < 4.78 is 1.86. The second-order valence-corrected chi connectivity index (χ2v) is 10.2. The molecule has 0 N–H and O–H groups in total. The highest BCUT2D eigenvalue weighted by molar-refractivity contribution is 7.20. The molecule has 1 aromatic carbocycles. The summed E-state index contributed by atoms with van der Waals surface area (Å²) in [5, 5.41) is 6.29. The highest BCUT2D eigenvalue weighted by Crippen LogP contribution is 2.32. The number of piperidine rings is 2. The topological polar surface area (TPSA) is 58.4 Å². The average Bonchev–Trinajstić information content (AvgIpc) is 3.39. The first kappa shape index (κ1) is 21.5. The van der Waals surface area contributed by atoms with E-state index >= 15 is 0 Å². The van der Waals surface area contributed by atoms with E-state index in [1.165, 1.54) is 17.8 Å². The van der Waals surface area contributed by atoms with Crippen LogP contribution in [-0.4, -0.2) is 57.6 Å². The Morgan fingerprint density at radius 1 is 1.03 bits per heavy atom. The summed E-state index contributed by atoms with van der Waals surface area (Å²) in [4.78, 5) is 31.7. The second-order valence-electron chi connectivity index (χ2n) is 8.76. The molecule has 0 saturated carbocycles. The molecule has 0 atom stereocenters. The fourth-order valence-corrected chi connectivity index (χ4v) is 6.13. The Morgan fingerprint density at radius 2 is 1.78 bits per heavy atom. The lowest BCUT2D eigenvalue weighted by Gasteiger charge is -2.35. The van der Waals surface area contributed by atoms with E-state index in [4.69, 9.17) is 11.6 Å². The predicted octanol–water partition coefficient (Wildman–Crippen LogP) is 4.91. The molecule has 6 nitrogen and oxygen atoms in total. The van der Waals surface area contributed by atoms with Gasteiger partial charge in [0.15, 0.2) is 0 Å². The summed E-state index contributed by atoms with van der Waals surface area (Å²) in [6, 6.07) is 9.52. The van der Waals surface area contributed by atoms with Crippen LogP contribution in [0.3, 0.4) is 0 Å². The molecule has 5 rings (SSSR count). The summed E-state index contributed by atoms with van der Waals surface area (Å²) in [5.41, 5.74) is 1.77. The van der Waals surface area contributed by atoms with Crippen LogP contribution in [0.5, 0.6) is 0 Å². The van der Waals surface area contributed by atoms with Crippen LogP contribution in [0.4, 0.5) is 0 Å². The molecular formula is C24H27ClN4O2S.